The fraction of sp³-hybridized carbons (Fsp3) is 0.476. The molecule has 0 unspecified atom stereocenters. The summed E-state index contributed by atoms with van der Waals surface area (Å²) in [7, 11) is 0. The van der Waals surface area contributed by atoms with E-state index in [1.165, 1.54) is 39.5 Å². The number of β-lactam (4-membered cyclic amide) rings is 1. The summed E-state index contributed by atoms with van der Waals surface area (Å²) in [6.45, 7) is 7.34. The van der Waals surface area contributed by atoms with Crippen molar-refractivity contribution in [2.75, 3.05) is 11.5 Å². The Bertz CT molecular complexity index is 1090. The maximum atomic E-state index is 13.1. The number of thioether (sulfide) groups is 2. The molecule has 0 aliphatic carbocycles. The zero-order valence-electron chi connectivity index (χ0n) is 18.6. The number of carbonyl (C=O) groups is 3. The van der Waals surface area contributed by atoms with E-state index < -0.39 is 17.6 Å². The molecule has 2 aromatic rings. The van der Waals surface area contributed by atoms with Crippen molar-refractivity contribution in [3.8, 4) is 0 Å². The SMILES string of the molecule is Cc1snnc1SCC1=C(C(=O)OC(C)(C)C)N2C(=O)[C@@H](NC(=O)Cc3cccs3)[C@H]2SC1. The predicted octanol–water partition coefficient (Wildman–Crippen LogP) is 3.24. The Hall–Kier alpha value is -1.89. The first kappa shape index (κ1) is 24.2. The number of thiophene rings is 1. The lowest BCUT2D eigenvalue weighted by atomic mass is 10.0. The Morgan fingerprint density at radius 2 is 2.15 bits per heavy atom. The van der Waals surface area contributed by atoms with Crippen LogP contribution < -0.4 is 5.32 Å². The van der Waals surface area contributed by atoms with E-state index in [1.54, 1.807) is 32.5 Å². The van der Waals surface area contributed by atoms with Gasteiger partial charge in [0.1, 0.15) is 27.7 Å². The normalized spacial score (nSPS) is 20.4. The third-order valence-corrected chi connectivity index (χ3v) is 8.99. The summed E-state index contributed by atoms with van der Waals surface area (Å²) in [5, 5.41) is 9.37. The minimum atomic E-state index is -0.694. The molecule has 0 saturated carbocycles. The number of hydrogen-bond acceptors (Lipinski definition) is 10. The van der Waals surface area contributed by atoms with Crippen molar-refractivity contribution < 1.29 is 19.1 Å². The summed E-state index contributed by atoms with van der Waals surface area (Å²) in [5.74, 6) is 0.0467. The molecule has 12 heteroatoms. The van der Waals surface area contributed by atoms with Crippen LogP contribution >= 0.6 is 46.4 Å². The Morgan fingerprint density at radius 1 is 1.36 bits per heavy atom. The van der Waals surface area contributed by atoms with Crippen LogP contribution in [0.1, 0.15) is 30.5 Å². The molecular weight excluding hydrogens is 501 g/mol. The number of rotatable bonds is 7. The summed E-state index contributed by atoms with van der Waals surface area (Å²) >= 11 is 5.86. The van der Waals surface area contributed by atoms with E-state index in [4.69, 9.17) is 4.74 Å². The standard InChI is InChI=1S/C21H24N4O4S4/c1-11-17(23-24-33-11)31-9-12-10-32-19-15(22-14(26)8-13-6-5-7-30-13)18(27)25(19)16(12)20(28)29-21(2,3)4/h5-7,15,19H,8-10H2,1-4H3,(H,22,26)/t15-,19-/m1/s1. The van der Waals surface area contributed by atoms with E-state index in [0.717, 1.165) is 20.4 Å². The molecule has 1 saturated heterocycles. The second-order valence-corrected chi connectivity index (χ2v) is 12.6. The number of esters is 1. The van der Waals surface area contributed by atoms with Gasteiger partial charge >= 0.3 is 5.97 Å². The Kier molecular flexibility index (Phi) is 7.18. The minimum absolute atomic E-state index is 0.202. The van der Waals surface area contributed by atoms with Crippen molar-refractivity contribution in [1.82, 2.24) is 19.8 Å². The van der Waals surface area contributed by atoms with Crippen molar-refractivity contribution in [1.29, 1.82) is 0 Å². The average molecular weight is 525 g/mol. The van der Waals surface area contributed by atoms with E-state index in [-0.39, 0.29) is 29.3 Å². The van der Waals surface area contributed by atoms with Gasteiger partial charge in [0, 0.05) is 16.4 Å². The second kappa shape index (κ2) is 9.77. The molecule has 8 nitrogen and oxygen atoms in total. The third-order valence-electron chi connectivity index (χ3n) is 4.86. The maximum Gasteiger partial charge on any atom is 0.355 e. The van der Waals surface area contributed by atoms with Crippen molar-refractivity contribution in [2.24, 2.45) is 0 Å². The van der Waals surface area contributed by atoms with Crippen LogP contribution in [0.4, 0.5) is 0 Å². The fourth-order valence-corrected chi connectivity index (χ4v) is 7.15. The number of ether oxygens (including phenoxy) is 1. The van der Waals surface area contributed by atoms with Gasteiger partial charge in [0.2, 0.25) is 5.91 Å². The molecule has 2 amide bonds. The lowest BCUT2D eigenvalue weighted by molar-refractivity contribution is -0.159. The number of nitrogens with one attached hydrogen (secondary N) is 1. The zero-order chi connectivity index (χ0) is 23.8. The quantitative estimate of drug-likeness (QED) is 0.335. The monoisotopic (exact) mass is 524 g/mol. The van der Waals surface area contributed by atoms with E-state index in [2.05, 4.69) is 14.9 Å². The highest BCUT2D eigenvalue weighted by atomic mass is 32.2. The number of aromatic nitrogens is 2. The van der Waals surface area contributed by atoms with Gasteiger partial charge in [0.05, 0.1) is 11.3 Å². The van der Waals surface area contributed by atoms with Gasteiger partial charge in [-0.15, -0.1) is 28.2 Å². The number of nitrogens with zero attached hydrogens (tertiary/aromatic N) is 3. The van der Waals surface area contributed by atoms with E-state index in [9.17, 15) is 14.4 Å². The van der Waals surface area contributed by atoms with E-state index in [1.807, 2.05) is 24.4 Å². The van der Waals surface area contributed by atoms with Crippen LogP contribution in [-0.4, -0.2) is 60.8 Å². The largest absolute Gasteiger partial charge is 0.455 e. The smallest absolute Gasteiger partial charge is 0.355 e. The first-order valence-electron chi connectivity index (χ1n) is 10.3. The van der Waals surface area contributed by atoms with Crippen LogP contribution in [0.3, 0.4) is 0 Å². The molecule has 2 aromatic heterocycles. The van der Waals surface area contributed by atoms with Crippen molar-refractivity contribution in [3.63, 3.8) is 0 Å². The van der Waals surface area contributed by atoms with Crippen LogP contribution in [-0.2, 0) is 25.5 Å². The minimum Gasteiger partial charge on any atom is -0.455 e. The predicted molar refractivity (Wildman–Crippen MR) is 131 cm³/mol. The molecule has 2 atom stereocenters. The van der Waals surface area contributed by atoms with Crippen molar-refractivity contribution in [3.05, 3.63) is 38.5 Å². The van der Waals surface area contributed by atoms with Gasteiger partial charge in [0.15, 0.2) is 0 Å². The number of fused-ring (bicyclic) bond motifs is 1. The molecular formula is C21H24N4O4S4. The van der Waals surface area contributed by atoms with Crippen molar-refractivity contribution >= 4 is 64.2 Å². The fourth-order valence-electron chi connectivity index (χ4n) is 3.42. The van der Waals surface area contributed by atoms with Gasteiger partial charge in [-0.05, 0) is 56.2 Å². The Balaban J connectivity index is 1.52. The number of aryl methyl sites for hydroxylation is 1. The van der Waals surface area contributed by atoms with Gasteiger partial charge in [-0.2, -0.15) is 0 Å². The highest BCUT2D eigenvalue weighted by Crippen LogP contribution is 2.42. The molecule has 2 aliphatic heterocycles. The van der Waals surface area contributed by atoms with Crippen LogP contribution in [0.2, 0.25) is 0 Å². The number of amides is 2. The van der Waals surface area contributed by atoms with Crippen molar-refractivity contribution in [2.45, 2.75) is 56.2 Å². The summed E-state index contributed by atoms with van der Waals surface area (Å²) in [6.07, 6.45) is 0.233. The molecule has 1 N–H and O–H groups in total. The second-order valence-electron chi connectivity index (χ2n) is 8.59. The molecule has 1 fully saturated rings. The first-order valence-corrected chi connectivity index (χ1v) is 14.0. The lowest BCUT2D eigenvalue weighted by Crippen LogP contribution is -2.70. The molecule has 0 aromatic carbocycles. The summed E-state index contributed by atoms with van der Waals surface area (Å²) < 4.78 is 9.59. The topological polar surface area (TPSA) is 101 Å². The average Bonchev–Trinajstić information content (AvgIpc) is 3.40. The molecule has 2 aliphatic rings. The zero-order valence-corrected chi connectivity index (χ0v) is 21.9. The Morgan fingerprint density at radius 3 is 2.79 bits per heavy atom. The summed E-state index contributed by atoms with van der Waals surface area (Å²) in [6, 6.07) is 3.13. The van der Waals surface area contributed by atoms with E-state index >= 15 is 0 Å². The van der Waals surface area contributed by atoms with Crippen LogP contribution in [0, 0.1) is 6.92 Å². The molecule has 176 valence electrons. The maximum absolute atomic E-state index is 13.1. The van der Waals surface area contributed by atoms with Gasteiger partial charge in [-0.1, -0.05) is 22.3 Å². The van der Waals surface area contributed by atoms with Gasteiger partial charge in [-0.25, -0.2) is 4.79 Å². The highest BCUT2D eigenvalue weighted by molar-refractivity contribution is 8.01. The highest BCUT2D eigenvalue weighted by Gasteiger charge is 2.54. The Labute approximate surface area is 208 Å². The van der Waals surface area contributed by atoms with Gasteiger partial charge in [-0.3, -0.25) is 14.5 Å². The summed E-state index contributed by atoms with van der Waals surface area (Å²) in [5.41, 5.74) is 0.412. The number of carbonyl (C=O) groups excluding carboxylic acids is 3. The number of hydrogen-bond donors (Lipinski definition) is 1. The first-order chi connectivity index (χ1) is 15.6. The lowest BCUT2D eigenvalue weighted by Gasteiger charge is -2.50. The third kappa shape index (κ3) is 5.44. The molecule has 0 bridgehead atoms. The van der Waals surface area contributed by atoms with E-state index in [0.29, 0.717) is 11.5 Å². The van der Waals surface area contributed by atoms with Crippen LogP contribution in [0.25, 0.3) is 0 Å². The van der Waals surface area contributed by atoms with Crippen LogP contribution in [0.5, 0.6) is 0 Å². The molecule has 4 rings (SSSR count). The molecule has 0 radical (unpaired) electrons. The van der Waals surface area contributed by atoms with Gasteiger partial charge < -0.3 is 10.1 Å². The summed E-state index contributed by atoms with van der Waals surface area (Å²) in [4.78, 5) is 42.1. The molecule has 4 heterocycles. The van der Waals surface area contributed by atoms with Crippen LogP contribution in [0.15, 0.2) is 33.8 Å². The molecule has 33 heavy (non-hydrogen) atoms. The van der Waals surface area contributed by atoms with Gasteiger partial charge in [0.25, 0.3) is 5.91 Å². The molecule has 0 spiro atoms.